The molecule has 0 N–H and O–H groups in total. The van der Waals surface area contributed by atoms with E-state index in [9.17, 15) is 4.39 Å². The van der Waals surface area contributed by atoms with Crippen LogP contribution in [0.4, 0.5) is 4.39 Å². The lowest BCUT2D eigenvalue weighted by Gasteiger charge is -2.06. The fraction of sp³-hybridized carbons (Fsp3) is 0.286. The molecule has 0 spiro atoms. The highest BCUT2D eigenvalue weighted by Crippen LogP contribution is 2.20. The number of rotatable bonds is 5. The molecule has 18 heavy (non-hydrogen) atoms. The van der Waals surface area contributed by atoms with Crippen molar-refractivity contribution in [2.24, 2.45) is 0 Å². The largest absolute Gasteiger partial charge is 0.491 e. The zero-order chi connectivity index (χ0) is 13.4. The van der Waals surface area contributed by atoms with Gasteiger partial charge in [0.25, 0.3) is 0 Å². The molecule has 0 unspecified atom stereocenters. The summed E-state index contributed by atoms with van der Waals surface area (Å²) in [5.41, 5.74) is 0.405. The fourth-order valence-corrected chi connectivity index (χ4v) is 1.31. The van der Waals surface area contributed by atoms with E-state index in [4.69, 9.17) is 15.3 Å². The van der Waals surface area contributed by atoms with Gasteiger partial charge in [-0.15, -0.1) is 0 Å². The fourth-order valence-electron chi connectivity index (χ4n) is 1.31. The third-order valence-electron chi connectivity index (χ3n) is 2.26. The van der Waals surface area contributed by atoms with Crippen molar-refractivity contribution in [2.45, 2.75) is 19.8 Å². The monoisotopic (exact) mass is 244 g/mol. The van der Waals surface area contributed by atoms with Crippen LogP contribution in [-0.2, 0) is 0 Å². The first-order valence-electron chi connectivity index (χ1n) is 5.65. The minimum atomic E-state index is -0.491. The summed E-state index contributed by atoms with van der Waals surface area (Å²) in [5, 5.41) is 17.2. The molecule has 0 saturated heterocycles. The van der Waals surface area contributed by atoms with Crippen LogP contribution in [0.3, 0.4) is 0 Å². The summed E-state index contributed by atoms with van der Waals surface area (Å²) in [7, 11) is 0. The van der Waals surface area contributed by atoms with E-state index in [2.05, 4.69) is 0 Å². The number of benzene rings is 1. The molecule has 0 bridgehead atoms. The van der Waals surface area contributed by atoms with Crippen molar-refractivity contribution < 1.29 is 9.13 Å². The molecule has 4 heteroatoms. The first kappa shape index (κ1) is 13.7. The minimum absolute atomic E-state index is 0.0611. The van der Waals surface area contributed by atoms with Gasteiger partial charge in [0.05, 0.1) is 6.61 Å². The molecule has 1 rings (SSSR count). The Morgan fingerprint density at radius 2 is 2.11 bits per heavy atom. The van der Waals surface area contributed by atoms with Gasteiger partial charge in [-0.3, -0.25) is 0 Å². The maximum Gasteiger partial charge on any atom is 0.165 e. The van der Waals surface area contributed by atoms with Crippen LogP contribution in [-0.4, -0.2) is 6.61 Å². The summed E-state index contributed by atoms with van der Waals surface area (Å²) in [6, 6.07) is 7.80. The SMILES string of the molecule is CCCCOc1ccc(C=C(C#N)C#N)cc1F. The summed E-state index contributed by atoms with van der Waals surface area (Å²) in [6.45, 7) is 2.50. The van der Waals surface area contributed by atoms with Crippen LogP contribution in [0.1, 0.15) is 25.3 Å². The average Bonchev–Trinajstić information content (AvgIpc) is 2.38. The highest BCUT2D eigenvalue weighted by atomic mass is 19.1. The Morgan fingerprint density at radius 3 is 2.67 bits per heavy atom. The van der Waals surface area contributed by atoms with Crippen molar-refractivity contribution in [2.75, 3.05) is 6.61 Å². The molecule has 0 aliphatic rings. The maximum absolute atomic E-state index is 13.6. The minimum Gasteiger partial charge on any atom is -0.491 e. The third kappa shape index (κ3) is 3.92. The lowest BCUT2D eigenvalue weighted by Crippen LogP contribution is -1.98. The standard InChI is InChI=1S/C14H13FN2O/c1-2-3-6-18-14-5-4-11(8-13(14)15)7-12(9-16)10-17/h4-5,7-8H,2-3,6H2,1H3. The van der Waals surface area contributed by atoms with E-state index in [1.165, 1.54) is 18.2 Å². The van der Waals surface area contributed by atoms with Gasteiger partial charge in [-0.05, 0) is 30.2 Å². The van der Waals surface area contributed by atoms with E-state index < -0.39 is 5.82 Å². The first-order valence-corrected chi connectivity index (χ1v) is 5.65. The van der Waals surface area contributed by atoms with E-state index in [-0.39, 0.29) is 11.3 Å². The molecular weight excluding hydrogens is 231 g/mol. The molecule has 0 aromatic heterocycles. The summed E-state index contributed by atoms with van der Waals surface area (Å²) in [6.07, 6.45) is 3.18. The Bertz CT molecular complexity index is 508. The molecule has 1 aromatic carbocycles. The van der Waals surface area contributed by atoms with Gasteiger partial charge < -0.3 is 4.74 Å². The van der Waals surface area contributed by atoms with Crippen LogP contribution in [0.15, 0.2) is 23.8 Å². The number of allylic oxidation sites excluding steroid dienone is 1. The molecule has 0 fully saturated rings. The number of halogens is 1. The van der Waals surface area contributed by atoms with E-state index in [1.54, 1.807) is 18.2 Å². The normalized spacial score (nSPS) is 9.11. The van der Waals surface area contributed by atoms with Crippen LogP contribution in [0, 0.1) is 28.5 Å². The van der Waals surface area contributed by atoms with Gasteiger partial charge in [-0.25, -0.2) is 4.39 Å². The van der Waals surface area contributed by atoms with E-state index in [0.29, 0.717) is 12.2 Å². The van der Waals surface area contributed by atoms with Crippen molar-refractivity contribution in [1.29, 1.82) is 10.5 Å². The number of hydrogen-bond acceptors (Lipinski definition) is 3. The van der Waals surface area contributed by atoms with Crippen molar-refractivity contribution in [1.82, 2.24) is 0 Å². The molecule has 0 saturated carbocycles. The highest BCUT2D eigenvalue weighted by molar-refractivity contribution is 5.62. The second-order valence-electron chi connectivity index (χ2n) is 3.67. The van der Waals surface area contributed by atoms with Crippen LogP contribution in [0.25, 0.3) is 6.08 Å². The Morgan fingerprint density at radius 1 is 1.39 bits per heavy atom. The predicted octanol–water partition coefficient (Wildman–Crippen LogP) is 3.44. The Hall–Kier alpha value is -2.33. The van der Waals surface area contributed by atoms with Gasteiger partial charge >= 0.3 is 0 Å². The smallest absolute Gasteiger partial charge is 0.165 e. The molecule has 0 amide bonds. The van der Waals surface area contributed by atoms with Gasteiger partial charge in [0.15, 0.2) is 11.6 Å². The molecule has 0 aliphatic heterocycles. The zero-order valence-corrected chi connectivity index (χ0v) is 10.1. The van der Waals surface area contributed by atoms with Crippen LogP contribution in [0.2, 0.25) is 0 Å². The molecular formula is C14H13FN2O. The summed E-state index contributed by atoms with van der Waals surface area (Å²) < 4.78 is 18.9. The summed E-state index contributed by atoms with van der Waals surface area (Å²) >= 11 is 0. The predicted molar refractivity (Wildman–Crippen MR) is 66.0 cm³/mol. The van der Waals surface area contributed by atoms with E-state index >= 15 is 0 Å². The average molecular weight is 244 g/mol. The number of unbranched alkanes of at least 4 members (excludes halogenated alkanes) is 1. The van der Waals surface area contributed by atoms with Gasteiger partial charge in [-0.2, -0.15) is 10.5 Å². The third-order valence-corrected chi connectivity index (χ3v) is 2.26. The zero-order valence-electron chi connectivity index (χ0n) is 10.1. The highest BCUT2D eigenvalue weighted by Gasteiger charge is 2.04. The molecule has 0 heterocycles. The summed E-state index contributed by atoms with van der Waals surface area (Å²) in [4.78, 5) is 0. The van der Waals surface area contributed by atoms with Crippen LogP contribution >= 0.6 is 0 Å². The quantitative estimate of drug-likeness (QED) is 0.589. The van der Waals surface area contributed by atoms with Gasteiger partial charge in [0, 0.05) is 0 Å². The lowest BCUT2D eigenvalue weighted by atomic mass is 10.1. The van der Waals surface area contributed by atoms with Crippen LogP contribution in [0.5, 0.6) is 5.75 Å². The van der Waals surface area contributed by atoms with Crippen LogP contribution < -0.4 is 4.74 Å². The first-order chi connectivity index (χ1) is 8.71. The number of nitrogens with zero attached hydrogens (tertiary/aromatic N) is 2. The molecule has 92 valence electrons. The summed E-state index contributed by atoms with van der Waals surface area (Å²) in [5.74, 6) is -0.300. The number of hydrogen-bond donors (Lipinski definition) is 0. The van der Waals surface area contributed by atoms with Gasteiger partial charge in [0.1, 0.15) is 17.7 Å². The molecule has 0 radical (unpaired) electrons. The maximum atomic E-state index is 13.6. The van der Waals surface area contributed by atoms with Crippen molar-refractivity contribution in [3.05, 3.63) is 35.2 Å². The number of nitriles is 2. The molecule has 0 aliphatic carbocycles. The second-order valence-corrected chi connectivity index (χ2v) is 3.67. The van der Waals surface area contributed by atoms with Crippen molar-refractivity contribution in [3.63, 3.8) is 0 Å². The second kappa shape index (κ2) is 7.09. The van der Waals surface area contributed by atoms with Gasteiger partial charge in [0.2, 0.25) is 0 Å². The Kier molecular flexibility index (Phi) is 5.41. The molecule has 3 nitrogen and oxygen atoms in total. The topological polar surface area (TPSA) is 56.8 Å². The van der Waals surface area contributed by atoms with Gasteiger partial charge in [-0.1, -0.05) is 19.4 Å². The molecule has 1 aromatic rings. The Balaban J connectivity index is 2.84. The van der Waals surface area contributed by atoms with Crippen molar-refractivity contribution in [3.8, 4) is 17.9 Å². The lowest BCUT2D eigenvalue weighted by molar-refractivity contribution is 0.294. The van der Waals surface area contributed by atoms with E-state index in [1.807, 2.05) is 6.92 Å². The number of ether oxygens (including phenoxy) is 1. The van der Waals surface area contributed by atoms with Crippen molar-refractivity contribution >= 4 is 6.08 Å². The molecule has 0 atom stereocenters. The van der Waals surface area contributed by atoms with E-state index in [0.717, 1.165) is 12.8 Å². The Labute approximate surface area is 106 Å².